The van der Waals surface area contributed by atoms with Crippen LogP contribution in [0, 0.1) is 13.8 Å². The molecule has 7 heteroatoms. The normalized spacial score (nSPS) is 11.1. The summed E-state index contributed by atoms with van der Waals surface area (Å²) in [5.74, 6) is 1.71. The number of ether oxygens (including phenoxy) is 2. The van der Waals surface area contributed by atoms with Gasteiger partial charge in [0.25, 0.3) is 0 Å². The van der Waals surface area contributed by atoms with Gasteiger partial charge in [-0.15, -0.1) is 0 Å². The standard InChI is InChI=1S/C21H24N4O3/c1-5-28-19(26)13-22-20-17(11-10-16-8-6-7-9-18(16)27-4)24-21-23-14(2)12-15(3)25(20)21/h6-12,22H,5,13H2,1-4H3/b11-10+. The molecule has 0 saturated carbocycles. The molecule has 1 N–H and O–H groups in total. The summed E-state index contributed by atoms with van der Waals surface area (Å²) >= 11 is 0. The molecule has 0 atom stereocenters. The number of methoxy groups -OCH3 is 1. The second-order valence-corrected chi connectivity index (χ2v) is 6.25. The first-order valence-electron chi connectivity index (χ1n) is 9.10. The van der Waals surface area contributed by atoms with Gasteiger partial charge in [-0.25, -0.2) is 9.97 Å². The van der Waals surface area contributed by atoms with Crippen LogP contribution in [0.4, 0.5) is 5.82 Å². The van der Waals surface area contributed by atoms with Crippen LogP contribution in [0.1, 0.15) is 29.6 Å². The monoisotopic (exact) mass is 380 g/mol. The molecule has 0 bridgehead atoms. The minimum Gasteiger partial charge on any atom is -0.496 e. The number of carbonyl (C=O) groups excluding carboxylic acids is 1. The van der Waals surface area contributed by atoms with Crippen molar-refractivity contribution >= 4 is 29.7 Å². The molecule has 0 aliphatic heterocycles. The SMILES string of the molecule is CCOC(=O)CNc1c(/C=C/c2ccccc2OC)nc2nc(C)cc(C)n12. The minimum absolute atomic E-state index is 0.0461. The maximum Gasteiger partial charge on any atom is 0.325 e. The van der Waals surface area contributed by atoms with E-state index in [1.165, 1.54) is 0 Å². The molecule has 0 spiro atoms. The lowest BCUT2D eigenvalue weighted by molar-refractivity contribution is -0.140. The Kier molecular flexibility index (Phi) is 5.93. The van der Waals surface area contributed by atoms with Crippen LogP contribution >= 0.6 is 0 Å². The molecule has 2 aromatic heterocycles. The summed E-state index contributed by atoms with van der Waals surface area (Å²) in [7, 11) is 1.64. The highest BCUT2D eigenvalue weighted by atomic mass is 16.5. The molecule has 0 aliphatic carbocycles. The van der Waals surface area contributed by atoms with Crippen LogP contribution in [0.3, 0.4) is 0 Å². The molecular formula is C21H24N4O3. The van der Waals surface area contributed by atoms with Crippen molar-refractivity contribution in [3.8, 4) is 5.75 Å². The quantitative estimate of drug-likeness (QED) is 0.632. The third-order valence-electron chi connectivity index (χ3n) is 4.20. The highest BCUT2D eigenvalue weighted by Gasteiger charge is 2.15. The molecule has 3 aromatic rings. The number of nitrogens with one attached hydrogen (secondary N) is 1. The van der Waals surface area contributed by atoms with Gasteiger partial charge >= 0.3 is 5.97 Å². The number of fused-ring (bicyclic) bond motifs is 1. The Balaban J connectivity index is 2.02. The molecule has 1 aromatic carbocycles. The molecule has 0 fully saturated rings. The Labute approximate surface area is 164 Å². The van der Waals surface area contributed by atoms with Gasteiger partial charge in [0.2, 0.25) is 5.78 Å². The summed E-state index contributed by atoms with van der Waals surface area (Å²) < 4.78 is 12.3. The molecule has 28 heavy (non-hydrogen) atoms. The van der Waals surface area contributed by atoms with Gasteiger partial charge in [0, 0.05) is 17.0 Å². The fourth-order valence-electron chi connectivity index (χ4n) is 3.02. The highest BCUT2D eigenvalue weighted by Crippen LogP contribution is 2.24. The van der Waals surface area contributed by atoms with E-state index in [0.717, 1.165) is 22.7 Å². The van der Waals surface area contributed by atoms with Crippen molar-refractivity contribution in [3.05, 3.63) is 53.0 Å². The van der Waals surface area contributed by atoms with Crippen LogP contribution in [0.25, 0.3) is 17.9 Å². The van der Waals surface area contributed by atoms with E-state index in [-0.39, 0.29) is 12.5 Å². The summed E-state index contributed by atoms with van der Waals surface area (Å²) in [5, 5.41) is 3.15. The maximum atomic E-state index is 11.8. The number of benzene rings is 1. The van der Waals surface area contributed by atoms with Gasteiger partial charge in [0.1, 0.15) is 23.8 Å². The second-order valence-electron chi connectivity index (χ2n) is 6.25. The summed E-state index contributed by atoms with van der Waals surface area (Å²) in [6.45, 7) is 6.08. The number of carbonyl (C=O) groups is 1. The van der Waals surface area contributed by atoms with Crippen molar-refractivity contribution in [2.75, 3.05) is 25.6 Å². The fourth-order valence-corrected chi connectivity index (χ4v) is 3.02. The summed E-state index contributed by atoms with van der Waals surface area (Å²) in [6, 6.07) is 9.70. The number of hydrogen-bond donors (Lipinski definition) is 1. The Hall–Kier alpha value is -3.35. The van der Waals surface area contributed by atoms with Crippen LogP contribution in [0.2, 0.25) is 0 Å². The van der Waals surface area contributed by atoms with Gasteiger partial charge in [-0.2, -0.15) is 0 Å². The minimum atomic E-state index is -0.324. The summed E-state index contributed by atoms with van der Waals surface area (Å²) in [5.41, 5.74) is 3.46. The maximum absolute atomic E-state index is 11.8. The largest absolute Gasteiger partial charge is 0.496 e. The van der Waals surface area contributed by atoms with Crippen LogP contribution in [0.15, 0.2) is 30.3 Å². The van der Waals surface area contributed by atoms with E-state index < -0.39 is 0 Å². The van der Waals surface area contributed by atoms with Gasteiger partial charge in [0.05, 0.1) is 13.7 Å². The lowest BCUT2D eigenvalue weighted by Gasteiger charge is -2.09. The number of para-hydroxylation sites is 1. The number of anilines is 1. The predicted octanol–water partition coefficient (Wildman–Crippen LogP) is 3.50. The first kappa shape index (κ1) is 19.4. The Morgan fingerprint density at radius 1 is 1.21 bits per heavy atom. The molecular weight excluding hydrogens is 356 g/mol. The van der Waals surface area contributed by atoms with Gasteiger partial charge in [-0.1, -0.05) is 18.2 Å². The zero-order valence-electron chi connectivity index (χ0n) is 16.5. The fraction of sp³-hybridized carbons (Fsp3) is 0.286. The smallest absolute Gasteiger partial charge is 0.325 e. The van der Waals surface area contributed by atoms with Crippen molar-refractivity contribution in [3.63, 3.8) is 0 Å². The number of imidazole rings is 1. The predicted molar refractivity (Wildman–Crippen MR) is 110 cm³/mol. The van der Waals surface area contributed by atoms with Crippen LogP contribution in [0.5, 0.6) is 5.75 Å². The van der Waals surface area contributed by atoms with E-state index in [2.05, 4.69) is 15.3 Å². The van der Waals surface area contributed by atoms with Crippen molar-refractivity contribution < 1.29 is 14.3 Å². The zero-order valence-corrected chi connectivity index (χ0v) is 16.5. The Morgan fingerprint density at radius 2 is 2.00 bits per heavy atom. The number of aromatic nitrogens is 3. The number of aryl methyl sites for hydroxylation is 2. The lowest BCUT2D eigenvalue weighted by atomic mass is 10.2. The van der Waals surface area contributed by atoms with Crippen molar-refractivity contribution in [1.29, 1.82) is 0 Å². The molecule has 0 aliphatic rings. The molecule has 0 radical (unpaired) electrons. The summed E-state index contributed by atoms with van der Waals surface area (Å²) in [4.78, 5) is 21.0. The zero-order chi connectivity index (χ0) is 20.1. The van der Waals surface area contributed by atoms with Gasteiger partial charge in [-0.05, 0) is 45.1 Å². The van der Waals surface area contributed by atoms with E-state index in [4.69, 9.17) is 9.47 Å². The first-order valence-corrected chi connectivity index (χ1v) is 9.10. The van der Waals surface area contributed by atoms with Gasteiger partial charge < -0.3 is 14.8 Å². The molecule has 146 valence electrons. The third-order valence-corrected chi connectivity index (χ3v) is 4.20. The molecule has 2 heterocycles. The average molecular weight is 380 g/mol. The van der Waals surface area contributed by atoms with Gasteiger partial charge in [-0.3, -0.25) is 9.20 Å². The number of rotatable bonds is 7. The van der Waals surface area contributed by atoms with E-state index in [1.807, 2.05) is 60.7 Å². The molecule has 0 amide bonds. The van der Waals surface area contributed by atoms with E-state index >= 15 is 0 Å². The molecule has 0 unspecified atom stereocenters. The molecule has 7 nitrogen and oxygen atoms in total. The van der Waals surface area contributed by atoms with Crippen LogP contribution in [-0.2, 0) is 9.53 Å². The topological polar surface area (TPSA) is 77.8 Å². The molecule has 3 rings (SSSR count). The summed E-state index contributed by atoms with van der Waals surface area (Å²) in [6.07, 6.45) is 3.81. The van der Waals surface area contributed by atoms with Crippen molar-refractivity contribution in [2.45, 2.75) is 20.8 Å². The Bertz CT molecular complexity index is 1020. The Morgan fingerprint density at radius 3 is 2.75 bits per heavy atom. The van der Waals surface area contributed by atoms with Crippen LogP contribution in [-0.4, -0.2) is 40.6 Å². The van der Waals surface area contributed by atoms with Crippen molar-refractivity contribution in [2.24, 2.45) is 0 Å². The van der Waals surface area contributed by atoms with Crippen LogP contribution < -0.4 is 10.1 Å². The third kappa shape index (κ3) is 4.14. The number of esters is 1. The first-order chi connectivity index (χ1) is 13.5. The highest BCUT2D eigenvalue weighted by molar-refractivity contribution is 5.80. The number of hydrogen-bond acceptors (Lipinski definition) is 6. The average Bonchev–Trinajstić information content (AvgIpc) is 3.02. The second kappa shape index (κ2) is 8.56. The molecule has 0 saturated heterocycles. The van der Waals surface area contributed by atoms with Gasteiger partial charge in [0.15, 0.2) is 0 Å². The van der Waals surface area contributed by atoms with E-state index in [1.54, 1.807) is 14.0 Å². The van der Waals surface area contributed by atoms with E-state index in [9.17, 15) is 4.79 Å². The van der Waals surface area contributed by atoms with Crippen molar-refractivity contribution in [1.82, 2.24) is 14.4 Å². The van der Waals surface area contributed by atoms with E-state index in [0.29, 0.717) is 23.9 Å². The lowest BCUT2D eigenvalue weighted by Crippen LogP contribution is -2.18. The number of nitrogens with zero attached hydrogens (tertiary/aromatic N) is 3.